The van der Waals surface area contributed by atoms with Gasteiger partial charge in [0.05, 0.1) is 4.34 Å². The summed E-state index contributed by atoms with van der Waals surface area (Å²) in [5.41, 5.74) is -0.240. The Kier molecular flexibility index (Phi) is 4.96. The van der Waals surface area contributed by atoms with Gasteiger partial charge in [-0.1, -0.05) is 25.4 Å². The smallest absolute Gasteiger partial charge is 0.127 e. The zero-order valence-corrected chi connectivity index (χ0v) is 11.6. The molecule has 16 heavy (non-hydrogen) atoms. The molecule has 1 atom stereocenters. The summed E-state index contributed by atoms with van der Waals surface area (Å²) in [5.74, 6) is 0. The van der Waals surface area contributed by atoms with E-state index in [0.29, 0.717) is 0 Å². The van der Waals surface area contributed by atoms with Crippen molar-refractivity contribution in [3.63, 3.8) is 0 Å². The molecule has 1 aromatic heterocycles. The number of hydrogen-bond acceptors (Lipinski definition) is 3. The average Bonchev–Trinajstić information content (AvgIpc) is 2.63. The number of hydrogen-bond donors (Lipinski definition) is 0. The van der Waals surface area contributed by atoms with Crippen molar-refractivity contribution in [3.8, 4) is 0 Å². The number of carbonyl (C=O) groups excluding carboxylic acids is 1. The number of nitrogens with zero attached hydrogens (tertiary/aromatic N) is 1. The zero-order chi connectivity index (χ0) is 12.2. The van der Waals surface area contributed by atoms with Crippen LogP contribution < -0.4 is 0 Å². The molecule has 1 unspecified atom stereocenters. The Morgan fingerprint density at radius 2 is 2.25 bits per heavy atom. The van der Waals surface area contributed by atoms with Crippen molar-refractivity contribution in [2.75, 3.05) is 13.6 Å². The fourth-order valence-electron chi connectivity index (χ4n) is 1.61. The minimum absolute atomic E-state index is 0.240. The van der Waals surface area contributed by atoms with Crippen molar-refractivity contribution in [2.24, 2.45) is 5.41 Å². The molecular weight excluding hydrogens is 242 g/mol. The van der Waals surface area contributed by atoms with Crippen LogP contribution in [0.2, 0.25) is 4.34 Å². The van der Waals surface area contributed by atoms with Crippen molar-refractivity contribution in [1.29, 1.82) is 0 Å². The maximum Gasteiger partial charge on any atom is 0.127 e. The second-order valence-electron chi connectivity index (χ2n) is 4.50. The van der Waals surface area contributed by atoms with Crippen LogP contribution in [-0.2, 0) is 11.3 Å². The van der Waals surface area contributed by atoms with E-state index < -0.39 is 0 Å². The minimum atomic E-state index is -0.240. The van der Waals surface area contributed by atoms with E-state index in [2.05, 4.69) is 4.90 Å². The van der Waals surface area contributed by atoms with Gasteiger partial charge < -0.3 is 9.69 Å². The Bertz CT molecular complexity index is 353. The van der Waals surface area contributed by atoms with Gasteiger partial charge in [-0.3, -0.25) is 0 Å². The molecule has 0 saturated carbocycles. The minimum Gasteiger partial charge on any atom is -0.303 e. The highest BCUT2D eigenvalue weighted by molar-refractivity contribution is 7.16. The lowest BCUT2D eigenvalue weighted by Crippen LogP contribution is -2.33. The van der Waals surface area contributed by atoms with Crippen molar-refractivity contribution < 1.29 is 4.79 Å². The van der Waals surface area contributed by atoms with Crippen molar-refractivity contribution >= 4 is 29.2 Å². The number of rotatable bonds is 6. The molecule has 0 N–H and O–H groups in total. The number of thiophene rings is 1. The van der Waals surface area contributed by atoms with Gasteiger partial charge in [0.15, 0.2) is 0 Å². The summed E-state index contributed by atoms with van der Waals surface area (Å²) in [6.07, 6.45) is 1.93. The monoisotopic (exact) mass is 259 g/mol. The standard InChI is InChI=1S/C12H18ClNOS/c1-4-12(2,9-15)8-14(3)7-10-5-6-11(13)16-10/h5-6,9H,4,7-8H2,1-3H3. The third kappa shape index (κ3) is 3.89. The zero-order valence-electron chi connectivity index (χ0n) is 10.00. The van der Waals surface area contributed by atoms with Crippen LogP contribution in [0.4, 0.5) is 0 Å². The highest BCUT2D eigenvalue weighted by atomic mass is 35.5. The summed E-state index contributed by atoms with van der Waals surface area (Å²) in [6.45, 7) is 5.67. The Hall–Kier alpha value is -0.380. The maximum absolute atomic E-state index is 11.0. The van der Waals surface area contributed by atoms with E-state index >= 15 is 0 Å². The fourth-order valence-corrected chi connectivity index (χ4v) is 2.78. The summed E-state index contributed by atoms with van der Waals surface area (Å²) >= 11 is 7.47. The second kappa shape index (κ2) is 5.80. The van der Waals surface area contributed by atoms with Gasteiger partial charge in [-0.15, -0.1) is 11.3 Å². The van der Waals surface area contributed by atoms with E-state index in [-0.39, 0.29) is 5.41 Å². The van der Waals surface area contributed by atoms with E-state index in [4.69, 9.17) is 11.6 Å². The van der Waals surface area contributed by atoms with Crippen molar-refractivity contribution in [1.82, 2.24) is 4.90 Å². The average molecular weight is 260 g/mol. The molecule has 0 radical (unpaired) electrons. The summed E-state index contributed by atoms with van der Waals surface area (Å²) in [7, 11) is 2.03. The van der Waals surface area contributed by atoms with Crippen LogP contribution >= 0.6 is 22.9 Å². The van der Waals surface area contributed by atoms with Crippen molar-refractivity contribution in [2.45, 2.75) is 26.8 Å². The third-order valence-corrected chi connectivity index (χ3v) is 3.99. The molecule has 1 rings (SSSR count). The molecule has 0 aromatic carbocycles. The van der Waals surface area contributed by atoms with Gasteiger partial charge in [0.25, 0.3) is 0 Å². The van der Waals surface area contributed by atoms with Crippen LogP contribution in [-0.4, -0.2) is 24.8 Å². The molecule has 2 nitrogen and oxygen atoms in total. The summed E-state index contributed by atoms with van der Waals surface area (Å²) in [4.78, 5) is 14.4. The first-order valence-electron chi connectivity index (χ1n) is 5.38. The third-order valence-electron chi connectivity index (χ3n) is 2.78. The van der Waals surface area contributed by atoms with Gasteiger partial charge in [-0.2, -0.15) is 0 Å². The van der Waals surface area contributed by atoms with Crippen LogP contribution in [0.25, 0.3) is 0 Å². The quantitative estimate of drug-likeness (QED) is 0.730. The van der Waals surface area contributed by atoms with E-state index in [1.807, 2.05) is 33.0 Å². The normalized spacial score (nSPS) is 15.1. The molecule has 0 amide bonds. The molecule has 0 fully saturated rings. The molecule has 0 spiro atoms. The van der Waals surface area contributed by atoms with Gasteiger partial charge in [-0.05, 0) is 25.6 Å². The van der Waals surface area contributed by atoms with Gasteiger partial charge >= 0.3 is 0 Å². The lowest BCUT2D eigenvalue weighted by atomic mass is 9.89. The Morgan fingerprint density at radius 3 is 2.69 bits per heavy atom. The Labute approximate surface area is 106 Å². The number of halogens is 1. The molecule has 0 aliphatic rings. The van der Waals surface area contributed by atoms with E-state index in [9.17, 15) is 4.79 Å². The maximum atomic E-state index is 11.0. The SMILES string of the molecule is CCC(C)(C=O)CN(C)Cc1ccc(Cl)s1. The molecule has 90 valence electrons. The van der Waals surface area contributed by atoms with Crippen LogP contribution in [0.5, 0.6) is 0 Å². The highest BCUT2D eigenvalue weighted by Crippen LogP contribution is 2.24. The van der Waals surface area contributed by atoms with Gasteiger partial charge in [0.2, 0.25) is 0 Å². The predicted molar refractivity (Wildman–Crippen MR) is 70.1 cm³/mol. The molecule has 0 bridgehead atoms. The highest BCUT2D eigenvalue weighted by Gasteiger charge is 2.23. The first-order valence-corrected chi connectivity index (χ1v) is 6.57. The molecule has 1 aromatic rings. The Balaban J connectivity index is 2.53. The number of carbonyl (C=O) groups is 1. The second-order valence-corrected chi connectivity index (χ2v) is 6.30. The molecule has 0 saturated heterocycles. The molecule has 1 heterocycles. The molecular formula is C12H18ClNOS. The van der Waals surface area contributed by atoms with Crippen molar-refractivity contribution in [3.05, 3.63) is 21.3 Å². The summed E-state index contributed by atoms with van der Waals surface area (Å²) < 4.78 is 0.817. The first kappa shape index (κ1) is 13.7. The van der Waals surface area contributed by atoms with Crippen LogP contribution in [0.1, 0.15) is 25.1 Å². The largest absolute Gasteiger partial charge is 0.303 e. The number of aldehydes is 1. The van der Waals surface area contributed by atoms with E-state index in [1.54, 1.807) is 11.3 Å². The van der Waals surface area contributed by atoms with Gasteiger partial charge in [0, 0.05) is 23.4 Å². The molecule has 0 aliphatic carbocycles. The molecule has 0 aliphatic heterocycles. The lowest BCUT2D eigenvalue weighted by molar-refractivity contribution is -0.116. The predicted octanol–water partition coefficient (Wildman–Crippen LogP) is 3.45. The van der Waals surface area contributed by atoms with E-state index in [1.165, 1.54) is 4.88 Å². The van der Waals surface area contributed by atoms with Gasteiger partial charge in [-0.25, -0.2) is 0 Å². The van der Waals surface area contributed by atoms with Crippen LogP contribution in [0.15, 0.2) is 12.1 Å². The topological polar surface area (TPSA) is 20.3 Å². The summed E-state index contributed by atoms with van der Waals surface area (Å²) in [6, 6.07) is 3.95. The van der Waals surface area contributed by atoms with Gasteiger partial charge in [0.1, 0.15) is 6.29 Å². The molecule has 4 heteroatoms. The lowest BCUT2D eigenvalue weighted by Gasteiger charge is -2.27. The van der Waals surface area contributed by atoms with Crippen LogP contribution in [0, 0.1) is 5.41 Å². The van der Waals surface area contributed by atoms with E-state index in [0.717, 1.165) is 30.1 Å². The first-order chi connectivity index (χ1) is 7.49. The summed E-state index contributed by atoms with van der Waals surface area (Å²) in [5, 5.41) is 0. The fraction of sp³-hybridized carbons (Fsp3) is 0.583. The van der Waals surface area contributed by atoms with Crippen LogP contribution in [0.3, 0.4) is 0 Å². The Morgan fingerprint density at radius 1 is 1.56 bits per heavy atom.